The largest absolute Gasteiger partial charge is 0.375 e. The van der Waals surface area contributed by atoms with Gasteiger partial charge in [0.05, 0.1) is 11.1 Å². The number of nitrogens with zero attached hydrogens (tertiary/aromatic N) is 3. The highest BCUT2D eigenvalue weighted by atomic mass is 16.6. The number of aromatic nitrogens is 2. The number of carbonyl (C=O) groups excluding carboxylic acids is 1. The van der Waals surface area contributed by atoms with Gasteiger partial charge in [-0.05, 0) is 29.3 Å². The smallest absolute Gasteiger partial charge is 0.293 e. The molecule has 3 aromatic rings. The topological polar surface area (TPSA) is 102 Å². The lowest BCUT2D eigenvalue weighted by atomic mass is 10.1. The molecule has 1 amide bonds. The van der Waals surface area contributed by atoms with Gasteiger partial charge in [-0.25, -0.2) is 0 Å². The molecule has 0 saturated carbocycles. The van der Waals surface area contributed by atoms with Crippen LogP contribution in [0.25, 0.3) is 11.1 Å². The molecule has 2 aromatic carbocycles. The second-order valence-electron chi connectivity index (χ2n) is 6.02. The molecule has 138 valence electrons. The summed E-state index contributed by atoms with van der Waals surface area (Å²) in [5.74, 6) is -0.367. The standard InChI is InChI=1S/C19H19N5O3/c1-20-19(25)15-6-7-17(18(9-15)24(26)27)21-10-13-4-3-5-14(8-13)16-11-22-23(2)12-16/h3-9,11-12,21H,10H2,1-2H3,(H,20,25). The maximum atomic E-state index is 11.7. The van der Waals surface area contributed by atoms with E-state index in [0.717, 1.165) is 16.7 Å². The van der Waals surface area contributed by atoms with E-state index in [1.165, 1.54) is 13.1 Å². The van der Waals surface area contributed by atoms with Crippen molar-refractivity contribution in [3.05, 3.63) is 76.1 Å². The van der Waals surface area contributed by atoms with E-state index in [0.29, 0.717) is 12.2 Å². The van der Waals surface area contributed by atoms with Gasteiger partial charge in [-0.2, -0.15) is 5.10 Å². The van der Waals surface area contributed by atoms with Gasteiger partial charge in [0.2, 0.25) is 0 Å². The molecular weight excluding hydrogens is 346 g/mol. The fourth-order valence-electron chi connectivity index (χ4n) is 2.75. The van der Waals surface area contributed by atoms with Crippen LogP contribution in [0.5, 0.6) is 0 Å². The Morgan fingerprint density at radius 1 is 1.22 bits per heavy atom. The van der Waals surface area contributed by atoms with Crippen LogP contribution in [0.1, 0.15) is 15.9 Å². The molecule has 0 bridgehead atoms. The summed E-state index contributed by atoms with van der Waals surface area (Å²) in [5, 5.41) is 21.1. The average molecular weight is 365 g/mol. The zero-order valence-electron chi connectivity index (χ0n) is 15.0. The van der Waals surface area contributed by atoms with Crippen LogP contribution < -0.4 is 10.6 Å². The van der Waals surface area contributed by atoms with Crippen molar-refractivity contribution in [2.75, 3.05) is 12.4 Å². The molecule has 1 heterocycles. The average Bonchev–Trinajstić information content (AvgIpc) is 3.12. The third-order valence-electron chi connectivity index (χ3n) is 4.13. The Morgan fingerprint density at radius 2 is 2.04 bits per heavy atom. The molecule has 0 atom stereocenters. The molecule has 0 unspecified atom stereocenters. The molecule has 2 N–H and O–H groups in total. The van der Waals surface area contributed by atoms with E-state index in [9.17, 15) is 14.9 Å². The van der Waals surface area contributed by atoms with Gasteiger partial charge in [0, 0.05) is 44.0 Å². The summed E-state index contributed by atoms with van der Waals surface area (Å²) in [4.78, 5) is 22.6. The lowest BCUT2D eigenvalue weighted by Gasteiger charge is -2.09. The van der Waals surface area contributed by atoms with Gasteiger partial charge < -0.3 is 10.6 Å². The van der Waals surface area contributed by atoms with Crippen LogP contribution in [0.2, 0.25) is 0 Å². The van der Waals surface area contributed by atoms with Gasteiger partial charge in [0.15, 0.2) is 0 Å². The third-order valence-corrected chi connectivity index (χ3v) is 4.13. The van der Waals surface area contributed by atoms with Gasteiger partial charge in [-0.3, -0.25) is 19.6 Å². The first-order chi connectivity index (χ1) is 13.0. The van der Waals surface area contributed by atoms with Crippen LogP contribution in [0.3, 0.4) is 0 Å². The van der Waals surface area contributed by atoms with E-state index in [-0.39, 0.29) is 17.2 Å². The van der Waals surface area contributed by atoms with Crippen molar-refractivity contribution >= 4 is 17.3 Å². The maximum absolute atomic E-state index is 11.7. The van der Waals surface area contributed by atoms with Gasteiger partial charge in [0.1, 0.15) is 5.69 Å². The zero-order chi connectivity index (χ0) is 19.4. The number of anilines is 1. The minimum absolute atomic E-state index is 0.139. The second-order valence-corrected chi connectivity index (χ2v) is 6.02. The number of nitrogens with one attached hydrogen (secondary N) is 2. The molecule has 27 heavy (non-hydrogen) atoms. The quantitative estimate of drug-likeness (QED) is 0.516. The number of hydrogen-bond acceptors (Lipinski definition) is 5. The summed E-state index contributed by atoms with van der Waals surface area (Å²) in [7, 11) is 3.34. The lowest BCUT2D eigenvalue weighted by Crippen LogP contribution is -2.18. The predicted molar refractivity (Wildman–Crippen MR) is 102 cm³/mol. The van der Waals surface area contributed by atoms with Crippen molar-refractivity contribution in [3.8, 4) is 11.1 Å². The minimum Gasteiger partial charge on any atom is -0.375 e. The molecule has 0 radical (unpaired) electrons. The number of rotatable bonds is 6. The molecule has 0 fully saturated rings. The van der Waals surface area contributed by atoms with Crippen LogP contribution in [-0.2, 0) is 13.6 Å². The molecule has 0 aliphatic rings. The van der Waals surface area contributed by atoms with Crippen LogP contribution >= 0.6 is 0 Å². The van der Waals surface area contributed by atoms with Crippen LogP contribution in [0, 0.1) is 10.1 Å². The number of amides is 1. The summed E-state index contributed by atoms with van der Waals surface area (Å²) < 4.78 is 1.73. The lowest BCUT2D eigenvalue weighted by molar-refractivity contribution is -0.384. The van der Waals surface area contributed by atoms with Crippen LogP contribution in [0.4, 0.5) is 11.4 Å². The molecular formula is C19H19N5O3. The number of carbonyl (C=O) groups is 1. The van der Waals surface area contributed by atoms with E-state index in [4.69, 9.17) is 0 Å². The first-order valence-corrected chi connectivity index (χ1v) is 8.30. The summed E-state index contributed by atoms with van der Waals surface area (Å²) in [5.41, 5.74) is 3.46. The molecule has 1 aromatic heterocycles. The van der Waals surface area contributed by atoms with Crippen molar-refractivity contribution in [2.45, 2.75) is 6.54 Å². The highest BCUT2D eigenvalue weighted by Crippen LogP contribution is 2.27. The normalized spacial score (nSPS) is 10.4. The number of benzene rings is 2. The Labute approximate surface area is 156 Å². The molecule has 8 heteroatoms. The van der Waals surface area contributed by atoms with E-state index in [1.54, 1.807) is 23.0 Å². The van der Waals surface area contributed by atoms with Gasteiger partial charge in [0.25, 0.3) is 11.6 Å². The highest BCUT2D eigenvalue weighted by Gasteiger charge is 2.17. The SMILES string of the molecule is CNC(=O)c1ccc(NCc2cccc(-c3cnn(C)c3)c2)c([N+](=O)[O-])c1. The van der Waals surface area contributed by atoms with Gasteiger partial charge >= 0.3 is 0 Å². The maximum Gasteiger partial charge on any atom is 0.293 e. The Balaban J connectivity index is 1.80. The van der Waals surface area contributed by atoms with Crippen molar-refractivity contribution in [3.63, 3.8) is 0 Å². The number of nitro groups is 1. The van der Waals surface area contributed by atoms with E-state index >= 15 is 0 Å². The second kappa shape index (κ2) is 7.69. The van der Waals surface area contributed by atoms with Gasteiger partial charge in [-0.1, -0.05) is 18.2 Å². The van der Waals surface area contributed by atoms with Crippen molar-refractivity contribution in [1.29, 1.82) is 0 Å². The number of hydrogen-bond donors (Lipinski definition) is 2. The summed E-state index contributed by atoms with van der Waals surface area (Å²) in [6, 6.07) is 12.2. The first-order valence-electron chi connectivity index (χ1n) is 8.30. The van der Waals surface area contributed by atoms with Crippen LogP contribution in [-0.4, -0.2) is 27.7 Å². The number of aryl methyl sites for hydroxylation is 1. The fourth-order valence-corrected chi connectivity index (χ4v) is 2.75. The highest BCUT2D eigenvalue weighted by molar-refractivity contribution is 5.95. The Morgan fingerprint density at radius 3 is 2.70 bits per heavy atom. The fraction of sp³-hybridized carbons (Fsp3) is 0.158. The number of nitro benzene ring substituents is 1. The molecule has 0 saturated heterocycles. The predicted octanol–water partition coefficient (Wildman–Crippen LogP) is 2.97. The van der Waals surface area contributed by atoms with E-state index in [2.05, 4.69) is 15.7 Å². The van der Waals surface area contributed by atoms with Crippen molar-refractivity contribution in [1.82, 2.24) is 15.1 Å². The van der Waals surface area contributed by atoms with E-state index < -0.39 is 4.92 Å². The molecule has 0 aliphatic heterocycles. The molecule has 3 rings (SSSR count). The summed E-state index contributed by atoms with van der Waals surface area (Å²) >= 11 is 0. The minimum atomic E-state index is -0.499. The first kappa shape index (κ1) is 18.1. The summed E-state index contributed by atoms with van der Waals surface area (Å²) in [6.07, 6.45) is 3.71. The Hall–Kier alpha value is -3.68. The van der Waals surface area contributed by atoms with Crippen molar-refractivity contribution < 1.29 is 9.72 Å². The third kappa shape index (κ3) is 4.12. The van der Waals surface area contributed by atoms with Crippen molar-refractivity contribution in [2.24, 2.45) is 7.05 Å². The Bertz CT molecular complexity index is 997. The van der Waals surface area contributed by atoms with Gasteiger partial charge in [-0.15, -0.1) is 0 Å². The molecule has 0 spiro atoms. The summed E-state index contributed by atoms with van der Waals surface area (Å²) in [6.45, 7) is 0.411. The van der Waals surface area contributed by atoms with E-state index in [1.807, 2.05) is 37.5 Å². The zero-order valence-corrected chi connectivity index (χ0v) is 15.0. The monoisotopic (exact) mass is 365 g/mol. The molecule has 8 nitrogen and oxygen atoms in total. The Kier molecular flexibility index (Phi) is 5.16. The molecule has 0 aliphatic carbocycles. The van der Waals surface area contributed by atoms with Crippen LogP contribution in [0.15, 0.2) is 54.9 Å².